The second-order valence-corrected chi connectivity index (χ2v) is 7.06. The number of aromatic amines is 1. The lowest BCUT2D eigenvalue weighted by Crippen LogP contribution is -2.11. The Hall–Kier alpha value is -2.62. The summed E-state index contributed by atoms with van der Waals surface area (Å²) < 4.78 is 27.6. The predicted molar refractivity (Wildman–Crippen MR) is 93.5 cm³/mol. The van der Waals surface area contributed by atoms with Gasteiger partial charge in [-0.15, -0.1) is 5.11 Å². The maximum atomic E-state index is 11.2. The molecule has 0 fully saturated rings. The summed E-state index contributed by atoms with van der Waals surface area (Å²) in [7, 11) is -2.29. The van der Waals surface area contributed by atoms with Gasteiger partial charge < -0.3 is 14.8 Å². The Balaban J connectivity index is 1.99. The molecule has 2 aromatic carbocycles. The number of nitrogens with zero attached hydrogens (tertiary/aromatic N) is 2. The van der Waals surface area contributed by atoms with Crippen molar-refractivity contribution in [2.45, 2.75) is 4.90 Å². The highest BCUT2D eigenvalue weighted by Gasteiger charge is 2.14. The second kappa shape index (κ2) is 6.36. The first-order valence-electron chi connectivity index (χ1n) is 6.92. The highest BCUT2D eigenvalue weighted by Crippen LogP contribution is 2.40. The molecule has 0 amide bonds. The molecule has 0 radical (unpaired) electrons. The lowest BCUT2D eigenvalue weighted by molar-refractivity contribution is 0.415. The quantitative estimate of drug-likeness (QED) is 0.597. The van der Waals surface area contributed by atoms with Crippen LogP contribution in [0.5, 0.6) is 11.6 Å². The number of azo groups is 1. The van der Waals surface area contributed by atoms with E-state index >= 15 is 0 Å². The molecule has 0 aliphatic heterocycles. The van der Waals surface area contributed by atoms with Crippen LogP contribution >= 0.6 is 11.6 Å². The molecule has 0 atom stereocenters. The Morgan fingerprint density at radius 2 is 1.88 bits per heavy atom. The zero-order valence-electron chi connectivity index (χ0n) is 12.9. The van der Waals surface area contributed by atoms with Gasteiger partial charge in [-0.25, -0.2) is 13.6 Å². The zero-order chi connectivity index (χ0) is 18.2. The molecule has 3 rings (SSSR count). The molecular weight excluding hydrogens is 368 g/mol. The molecule has 4 N–H and O–H groups in total. The summed E-state index contributed by atoms with van der Waals surface area (Å²) in [5, 5.41) is 24.0. The molecule has 0 aliphatic rings. The third-order valence-corrected chi connectivity index (χ3v) is 4.68. The van der Waals surface area contributed by atoms with Crippen LogP contribution in [0.15, 0.2) is 51.5 Å². The van der Waals surface area contributed by atoms with Crippen LogP contribution in [0.1, 0.15) is 0 Å². The maximum absolute atomic E-state index is 11.2. The number of ether oxygens (including phenoxy) is 1. The van der Waals surface area contributed by atoms with Gasteiger partial charge in [-0.1, -0.05) is 11.6 Å². The number of sulfonamides is 1. The van der Waals surface area contributed by atoms with Crippen molar-refractivity contribution in [3.05, 3.63) is 41.4 Å². The largest absolute Gasteiger partial charge is 0.495 e. The lowest BCUT2D eigenvalue weighted by atomic mass is 10.2. The van der Waals surface area contributed by atoms with Gasteiger partial charge in [0.25, 0.3) is 0 Å². The van der Waals surface area contributed by atoms with Crippen LogP contribution in [0.3, 0.4) is 0 Å². The van der Waals surface area contributed by atoms with Gasteiger partial charge in [-0.2, -0.15) is 5.11 Å². The highest BCUT2D eigenvalue weighted by molar-refractivity contribution is 7.89. The first-order chi connectivity index (χ1) is 11.8. The van der Waals surface area contributed by atoms with E-state index in [-0.39, 0.29) is 16.5 Å². The van der Waals surface area contributed by atoms with Gasteiger partial charge in [0.2, 0.25) is 15.9 Å². The van der Waals surface area contributed by atoms with E-state index in [1.807, 2.05) is 0 Å². The standard InChI is InChI=1S/C15H13ClN4O4S/c1-24-13-6-10-12(7-11(13)16)18-15(21)14(10)20-19-8-2-4-9(5-3-8)25(17,22)23/h2-7,18,21H,1H3,(H2,17,22,23). The van der Waals surface area contributed by atoms with E-state index in [2.05, 4.69) is 15.2 Å². The van der Waals surface area contributed by atoms with Crippen LogP contribution in [0.25, 0.3) is 10.9 Å². The molecule has 10 heteroatoms. The minimum Gasteiger partial charge on any atom is -0.495 e. The summed E-state index contributed by atoms with van der Waals surface area (Å²) >= 11 is 6.05. The van der Waals surface area contributed by atoms with Crippen molar-refractivity contribution in [1.29, 1.82) is 0 Å². The molecule has 0 bridgehead atoms. The summed E-state index contributed by atoms with van der Waals surface area (Å²) in [6, 6.07) is 8.78. The third kappa shape index (κ3) is 3.43. The number of aromatic nitrogens is 1. The molecule has 0 unspecified atom stereocenters. The van der Waals surface area contributed by atoms with Crippen molar-refractivity contribution in [3.63, 3.8) is 0 Å². The van der Waals surface area contributed by atoms with Crippen LogP contribution in [0, 0.1) is 0 Å². The molecule has 0 saturated carbocycles. The summed E-state index contributed by atoms with van der Waals surface area (Å²) in [5.41, 5.74) is 1.17. The van der Waals surface area contributed by atoms with Crippen molar-refractivity contribution in [3.8, 4) is 11.6 Å². The van der Waals surface area contributed by atoms with E-state index in [1.165, 1.54) is 31.4 Å². The number of nitrogens with one attached hydrogen (secondary N) is 1. The van der Waals surface area contributed by atoms with Crippen LogP contribution in [-0.2, 0) is 10.0 Å². The number of primary sulfonamides is 1. The SMILES string of the molecule is COc1cc2c(N=Nc3ccc(S(N)(=O)=O)cc3)c(O)[nH]c2cc1Cl. The molecule has 0 aliphatic carbocycles. The number of halogens is 1. The fraction of sp³-hybridized carbons (Fsp3) is 0.0667. The number of H-pyrrole nitrogens is 1. The Morgan fingerprint density at radius 3 is 2.48 bits per heavy atom. The highest BCUT2D eigenvalue weighted by atomic mass is 35.5. The van der Waals surface area contributed by atoms with Crippen molar-refractivity contribution < 1.29 is 18.3 Å². The number of benzene rings is 2. The average molecular weight is 381 g/mol. The molecule has 0 spiro atoms. The van der Waals surface area contributed by atoms with E-state index in [1.54, 1.807) is 12.1 Å². The predicted octanol–water partition coefficient (Wildman–Crippen LogP) is 3.60. The molecular formula is C15H13ClN4O4S. The van der Waals surface area contributed by atoms with Gasteiger partial charge in [-0.05, 0) is 36.4 Å². The average Bonchev–Trinajstić information content (AvgIpc) is 2.85. The smallest absolute Gasteiger partial charge is 0.238 e. The van der Waals surface area contributed by atoms with Gasteiger partial charge in [0.1, 0.15) is 5.75 Å². The number of methoxy groups -OCH3 is 1. The number of nitrogens with two attached hydrogens (primary N) is 1. The number of hydrogen-bond donors (Lipinski definition) is 3. The fourth-order valence-corrected chi connectivity index (χ4v) is 2.99. The van der Waals surface area contributed by atoms with Crippen LogP contribution in [0.2, 0.25) is 5.02 Å². The van der Waals surface area contributed by atoms with Gasteiger partial charge >= 0.3 is 0 Å². The Labute approximate surface area is 148 Å². The van der Waals surface area contributed by atoms with Crippen LogP contribution < -0.4 is 9.88 Å². The molecule has 8 nitrogen and oxygen atoms in total. The number of fused-ring (bicyclic) bond motifs is 1. The second-order valence-electron chi connectivity index (χ2n) is 5.09. The van der Waals surface area contributed by atoms with Crippen molar-refractivity contribution in [2.24, 2.45) is 15.4 Å². The van der Waals surface area contributed by atoms with E-state index in [9.17, 15) is 13.5 Å². The number of hydrogen-bond acceptors (Lipinski definition) is 6. The monoisotopic (exact) mass is 380 g/mol. The first kappa shape index (κ1) is 17.2. The van der Waals surface area contributed by atoms with Gasteiger partial charge in [0, 0.05) is 5.39 Å². The summed E-state index contributed by atoms with van der Waals surface area (Å²) in [6.07, 6.45) is 0. The number of aromatic hydroxyl groups is 1. The Bertz CT molecular complexity index is 1080. The summed E-state index contributed by atoms with van der Waals surface area (Å²) in [6.45, 7) is 0. The minimum absolute atomic E-state index is 0.0271. The fourth-order valence-electron chi connectivity index (χ4n) is 2.23. The Morgan fingerprint density at radius 1 is 1.20 bits per heavy atom. The van der Waals surface area contributed by atoms with Crippen molar-refractivity contribution >= 4 is 43.9 Å². The third-order valence-electron chi connectivity index (χ3n) is 3.46. The minimum atomic E-state index is -3.77. The van der Waals surface area contributed by atoms with E-state index < -0.39 is 10.0 Å². The summed E-state index contributed by atoms with van der Waals surface area (Å²) in [4.78, 5) is 2.72. The van der Waals surface area contributed by atoms with Crippen LogP contribution in [-0.4, -0.2) is 25.6 Å². The lowest BCUT2D eigenvalue weighted by Gasteiger charge is -2.02. The van der Waals surface area contributed by atoms with Crippen LogP contribution in [0.4, 0.5) is 11.4 Å². The topological polar surface area (TPSA) is 130 Å². The van der Waals surface area contributed by atoms with E-state index in [0.717, 1.165) is 0 Å². The van der Waals surface area contributed by atoms with Gasteiger partial charge in [-0.3, -0.25) is 0 Å². The number of rotatable bonds is 4. The molecule has 3 aromatic rings. The molecule has 1 aromatic heterocycles. The molecule has 25 heavy (non-hydrogen) atoms. The van der Waals surface area contributed by atoms with Crippen molar-refractivity contribution in [2.75, 3.05) is 7.11 Å². The molecule has 130 valence electrons. The Kier molecular flexibility index (Phi) is 4.38. The molecule has 0 saturated heterocycles. The van der Waals surface area contributed by atoms with E-state index in [4.69, 9.17) is 21.5 Å². The van der Waals surface area contributed by atoms with Gasteiger partial charge in [0.15, 0.2) is 5.69 Å². The van der Waals surface area contributed by atoms with E-state index in [0.29, 0.717) is 27.4 Å². The van der Waals surface area contributed by atoms with Gasteiger partial charge in [0.05, 0.1) is 28.2 Å². The normalized spacial score (nSPS) is 12.1. The first-order valence-corrected chi connectivity index (χ1v) is 8.85. The zero-order valence-corrected chi connectivity index (χ0v) is 14.5. The molecule has 1 heterocycles. The summed E-state index contributed by atoms with van der Waals surface area (Å²) in [5.74, 6) is 0.256. The maximum Gasteiger partial charge on any atom is 0.238 e. The van der Waals surface area contributed by atoms with Crippen molar-refractivity contribution in [1.82, 2.24) is 4.98 Å².